The van der Waals surface area contributed by atoms with Crippen molar-refractivity contribution in [1.82, 2.24) is 5.32 Å². The van der Waals surface area contributed by atoms with Crippen LogP contribution in [0.1, 0.15) is 158 Å². The van der Waals surface area contributed by atoms with E-state index in [0.717, 1.165) is 87.7 Å². The molecular weight excluding hydrogens is 636 g/mol. The first-order valence-corrected chi connectivity index (χ1v) is 18.1. The van der Waals surface area contributed by atoms with E-state index in [0.29, 0.717) is 25.2 Å². The summed E-state index contributed by atoms with van der Waals surface area (Å²) in [5.41, 5.74) is 0.285. The zero-order valence-corrected chi connectivity index (χ0v) is 32.5. The molecule has 0 radical (unpaired) electrons. The molecule has 282 valence electrons. The number of carbonyl (C=O) groups is 3. The van der Waals surface area contributed by atoms with Gasteiger partial charge in [0.15, 0.2) is 0 Å². The van der Waals surface area contributed by atoms with Crippen molar-refractivity contribution >= 4 is 35.5 Å². The molecular formula is C39H64N4O7. The largest absolute Gasteiger partial charge is 0.494 e. The lowest BCUT2D eigenvalue weighted by Gasteiger charge is -2.20. The Morgan fingerprint density at radius 2 is 1.06 bits per heavy atom. The molecule has 0 bridgehead atoms. The van der Waals surface area contributed by atoms with Crippen molar-refractivity contribution in [2.24, 2.45) is 9.98 Å². The van der Waals surface area contributed by atoms with Crippen LogP contribution < -0.4 is 10.1 Å². The van der Waals surface area contributed by atoms with E-state index < -0.39 is 35.1 Å². The average Bonchev–Trinajstić information content (AvgIpc) is 2.95. The predicted molar refractivity (Wildman–Crippen MR) is 201 cm³/mol. The fourth-order valence-corrected chi connectivity index (χ4v) is 4.74. The highest BCUT2D eigenvalue weighted by atomic mass is 16.6. The van der Waals surface area contributed by atoms with E-state index in [4.69, 9.17) is 24.4 Å². The van der Waals surface area contributed by atoms with E-state index in [2.05, 4.69) is 15.3 Å². The summed E-state index contributed by atoms with van der Waals surface area (Å²) in [6.07, 6.45) is 9.93. The zero-order valence-electron chi connectivity index (χ0n) is 32.5. The number of hydrogen-bond acceptors (Lipinski definition) is 8. The Kier molecular flexibility index (Phi) is 19.6. The van der Waals surface area contributed by atoms with Crippen molar-refractivity contribution in [3.05, 3.63) is 29.8 Å². The second-order valence-electron chi connectivity index (χ2n) is 15.6. The molecule has 50 heavy (non-hydrogen) atoms. The molecule has 0 aliphatic heterocycles. The van der Waals surface area contributed by atoms with Gasteiger partial charge < -0.3 is 24.4 Å². The molecule has 0 aliphatic rings. The third-order valence-corrected chi connectivity index (χ3v) is 6.95. The van der Waals surface area contributed by atoms with E-state index in [9.17, 15) is 14.4 Å². The Bertz CT molecular complexity index is 1270. The number of benzene rings is 1. The first-order chi connectivity index (χ1) is 23.2. The zero-order chi connectivity index (χ0) is 37.8. The number of ether oxygens (including phenoxy) is 4. The highest BCUT2D eigenvalue weighted by Crippen LogP contribution is 2.17. The smallest absolute Gasteiger partial charge is 0.435 e. The van der Waals surface area contributed by atoms with Crippen LogP contribution in [0.15, 0.2) is 34.3 Å². The highest BCUT2D eigenvalue weighted by molar-refractivity contribution is 6.00. The predicted octanol–water partition coefficient (Wildman–Crippen LogP) is 10.8. The standard InChI is InChI=1S/C39H64N4O7/c1-29(40)30-24-26-32(27-25-30)47-28-20-22-31(41-34(44)48-37(2,3)4)21-18-16-14-12-11-13-15-17-19-23-33(42-35(45)49-38(5,6)7)43-36(46)50-39(8,9)10/h24-27,40H,11-23,28H2,1-10H3,(H,42,43,45,46)/b40-29?,41-31+. The molecule has 0 saturated heterocycles. The number of amides is 3. The van der Waals surface area contributed by atoms with Crippen LogP contribution in [0.25, 0.3) is 0 Å². The van der Waals surface area contributed by atoms with Gasteiger partial charge in [-0.1, -0.05) is 44.9 Å². The minimum Gasteiger partial charge on any atom is -0.494 e. The molecule has 0 atom stereocenters. The van der Waals surface area contributed by atoms with Crippen molar-refractivity contribution in [2.45, 2.75) is 170 Å². The summed E-state index contributed by atoms with van der Waals surface area (Å²) < 4.78 is 21.9. The second kappa shape index (κ2) is 22.1. The van der Waals surface area contributed by atoms with Crippen molar-refractivity contribution in [1.29, 1.82) is 5.41 Å². The number of amidine groups is 1. The minimum atomic E-state index is -0.738. The highest BCUT2D eigenvalue weighted by Gasteiger charge is 2.20. The molecule has 1 aromatic carbocycles. The van der Waals surface area contributed by atoms with Crippen molar-refractivity contribution < 1.29 is 33.3 Å². The van der Waals surface area contributed by atoms with Gasteiger partial charge in [0.2, 0.25) is 0 Å². The van der Waals surface area contributed by atoms with Gasteiger partial charge in [0, 0.05) is 17.8 Å². The van der Waals surface area contributed by atoms with Crippen LogP contribution in [-0.2, 0) is 14.2 Å². The molecule has 0 unspecified atom stereocenters. The van der Waals surface area contributed by atoms with Gasteiger partial charge in [0.25, 0.3) is 0 Å². The van der Waals surface area contributed by atoms with E-state index in [1.807, 2.05) is 45.0 Å². The number of alkyl carbamates (subject to hydrolysis) is 1. The Balaban J connectivity index is 2.43. The summed E-state index contributed by atoms with van der Waals surface area (Å²) in [6.45, 7) is 18.4. The van der Waals surface area contributed by atoms with Gasteiger partial charge >= 0.3 is 18.3 Å². The topological polar surface area (TPSA) is 149 Å². The van der Waals surface area contributed by atoms with Gasteiger partial charge in [0.1, 0.15) is 28.4 Å². The molecule has 11 heteroatoms. The quantitative estimate of drug-likeness (QED) is 0.0669. The molecule has 0 spiro atoms. The maximum absolute atomic E-state index is 12.4. The number of nitrogens with zero attached hydrogens (tertiary/aromatic N) is 2. The summed E-state index contributed by atoms with van der Waals surface area (Å²) in [4.78, 5) is 45.2. The van der Waals surface area contributed by atoms with Gasteiger partial charge in [-0.15, -0.1) is 0 Å². The first-order valence-electron chi connectivity index (χ1n) is 18.1. The summed E-state index contributed by atoms with van der Waals surface area (Å²) in [5.74, 6) is 1.01. The van der Waals surface area contributed by atoms with Gasteiger partial charge in [-0.2, -0.15) is 9.98 Å². The fraction of sp³-hybridized carbons (Fsp3) is 0.692. The maximum atomic E-state index is 12.4. The van der Waals surface area contributed by atoms with E-state index in [1.165, 1.54) is 0 Å². The lowest BCUT2D eigenvalue weighted by molar-refractivity contribution is 0.0557. The van der Waals surface area contributed by atoms with Crippen LogP contribution in [0.4, 0.5) is 14.4 Å². The van der Waals surface area contributed by atoms with Crippen LogP contribution >= 0.6 is 0 Å². The number of hydrogen-bond donors (Lipinski definition) is 2. The lowest BCUT2D eigenvalue weighted by atomic mass is 10.0. The minimum absolute atomic E-state index is 0.250. The SMILES string of the molecule is CC(=N)c1ccc(OCCC/C(CCCCCCCCCCC/C(=N/C(=O)OC(C)(C)C)NC(=O)OC(C)(C)C)=N/C(=O)OC(C)(C)C)cc1. The maximum Gasteiger partial charge on any atom is 0.435 e. The van der Waals surface area contributed by atoms with Crippen LogP contribution in [0, 0.1) is 5.41 Å². The summed E-state index contributed by atoms with van der Waals surface area (Å²) in [6, 6.07) is 7.50. The van der Waals surface area contributed by atoms with Crippen molar-refractivity contribution in [3.63, 3.8) is 0 Å². The summed E-state index contributed by atoms with van der Waals surface area (Å²) in [7, 11) is 0. The number of nitrogens with one attached hydrogen (secondary N) is 2. The molecule has 11 nitrogen and oxygen atoms in total. The normalized spacial score (nSPS) is 12.7. The number of aliphatic imine (C=N–C) groups is 2. The number of carbonyl (C=O) groups excluding carboxylic acids is 3. The molecule has 0 aliphatic carbocycles. The van der Waals surface area contributed by atoms with Crippen LogP contribution in [0.5, 0.6) is 5.75 Å². The third kappa shape index (κ3) is 24.4. The van der Waals surface area contributed by atoms with Crippen LogP contribution in [0.3, 0.4) is 0 Å². The Morgan fingerprint density at radius 1 is 0.620 bits per heavy atom. The summed E-state index contributed by atoms with van der Waals surface area (Å²) >= 11 is 0. The van der Waals surface area contributed by atoms with Gasteiger partial charge in [-0.3, -0.25) is 5.32 Å². The van der Waals surface area contributed by atoms with Crippen molar-refractivity contribution in [3.8, 4) is 5.75 Å². The number of unbranched alkanes of at least 4 members (excludes halogenated alkanes) is 8. The second-order valence-corrected chi connectivity index (χ2v) is 15.6. The van der Waals surface area contributed by atoms with E-state index in [1.54, 1.807) is 48.5 Å². The fourth-order valence-electron chi connectivity index (χ4n) is 4.74. The van der Waals surface area contributed by atoms with E-state index in [-0.39, 0.29) is 5.84 Å². The average molecular weight is 701 g/mol. The molecule has 0 saturated carbocycles. The monoisotopic (exact) mass is 700 g/mol. The first kappa shape index (κ1) is 44.3. The van der Waals surface area contributed by atoms with Crippen LogP contribution in [-0.4, -0.2) is 58.9 Å². The summed E-state index contributed by atoms with van der Waals surface area (Å²) in [5, 5.41) is 10.3. The third-order valence-electron chi connectivity index (χ3n) is 6.95. The molecule has 1 aromatic rings. The van der Waals surface area contributed by atoms with Gasteiger partial charge in [-0.25, -0.2) is 14.4 Å². The molecule has 0 aromatic heterocycles. The Labute approximate surface area is 300 Å². The van der Waals surface area contributed by atoms with E-state index >= 15 is 0 Å². The van der Waals surface area contributed by atoms with Crippen LogP contribution in [0.2, 0.25) is 0 Å². The Morgan fingerprint density at radius 3 is 1.54 bits per heavy atom. The lowest BCUT2D eigenvalue weighted by Crippen LogP contribution is -2.37. The van der Waals surface area contributed by atoms with Gasteiger partial charge in [0.05, 0.1) is 6.61 Å². The van der Waals surface area contributed by atoms with Gasteiger partial charge in [-0.05, 0) is 131 Å². The molecule has 2 N–H and O–H groups in total. The number of rotatable bonds is 18. The van der Waals surface area contributed by atoms with Crippen molar-refractivity contribution in [2.75, 3.05) is 6.61 Å². The molecule has 0 fully saturated rings. The molecule has 0 heterocycles. The molecule has 1 rings (SSSR count). The Hall–Kier alpha value is -3.76. The molecule has 3 amide bonds.